The van der Waals surface area contributed by atoms with Crippen molar-refractivity contribution in [3.8, 4) is 11.8 Å². The third-order valence-corrected chi connectivity index (χ3v) is 4.64. The van der Waals surface area contributed by atoms with Crippen molar-refractivity contribution < 1.29 is 22.7 Å². The summed E-state index contributed by atoms with van der Waals surface area (Å²) in [5, 5.41) is 5.92. The Morgan fingerprint density at radius 1 is 1.23 bits per heavy atom. The summed E-state index contributed by atoms with van der Waals surface area (Å²) in [4.78, 5) is 20.3. The molecule has 2 N–H and O–H groups in total. The summed E-state index contributed by atoms with van der Waals surface area (Å²) in [6.07, 6.45) is -4.38. The number of nitrogens with one attached hydrogen (secondary N) is 2. The molecule has 0 radical (unpaired) electrons. The molecule has 1 aliphatic rings. The van der Waals surface area contributed by atoms with Crippen molar-refractivity contribution in [3.05, 3.63) is 35.4 Å². The lowest BCUT2D eigenvalue weighted by atomic mass is 10.1. The Kier molecular flexibility index (Phi) is 9.62. The fraction of sp³-hybridized carbons (Fsp3) is 0.524. The maximum absolute atomic E-state index is 12.8. The zero-order valence-electron chi connectivity index (χ0n) is 17.8. The zero-order valence-corrected chi connectivity index (χ0v) is 17.8. The number of halogens is 3. The molecule has 1 fully saturated rings. The minimum atomic E-state index is -4.38. The molecule has 0 aliphatic carbocycles. The first-order valence-corrected chi connectivity index (χ1v) is 9.93. The quantitative estimate of drug-likeness (QED) is 0.300. The van der Waals surface area contributed by atoms with E-state index in [4.69, 9.17) is 4.74 Å². The van der Waals surface area contributed by atoms with Gasteiger partial charge in [-0.25, -0.2) is 0 Å². The van der Waals surface area contributed by atoms with Gasteiger partial charge in [0, 0.05) is 52.4 Å². The molecule has 0 saturated carbocycles. The highest BCUT2D eigenvalue weighted by Crippen LogP contribution is 2.29. The van der Waals surface area contributed by atoms with E-state index in [-0.39, 0.29) is 12.5 Å². The van der Waals surface area contributed by atoms with Gasteiger partial charge in [0.25, 0.3) is 0 Å². The average Bonchev–Trinajstić information content (AvgIpc) is 2.74. The molecule has 31 heavy (non-hydrogen) atoms. The number of alkyl halides is 3. The SMILES string of the molecule is CN=C(NCC#Cc1cccc(C(F)(F)F)c1)N1CCN(CC(=O)NCCOC)CC1. The van der Waals surface area contributed by atoms with Crippen LogP contribution in [0.25, 0.3) is 0 Å². The summed E-state index contributed by atoms with van der Waals surface area (Å²) >= 11 is 0. The molecule has 1 amide bonds. The number of amides is 1. The van der Waals surface area contributed by atoms with Gasteiger partial charge in [-0.05, 0) is 18.2 Å². The summed E-state index contributed by atoms with van der Waals surface area (Å²) in [6.45, 7) is 4.41. The minimum absolute atomic E-state index is 0.0297. The first kappa shape index (κ1) is 24.5. The summed E-state index contributed by atoms with van der Waals surface area (Å²) in [7, 11) is 3.25. The van der Waals surface area contributed by atoms with E-state index in [1.54, 1.807) is 20.2 Å². The first-order chi connectivity index (χ1) is 14.8. The molecule has 0 atom stereocenters. The van der Waals surface area contributed by atoms with Crippen LogP contribution in [0.5, 0.6) is 0 Å². The molecule has 1 heterocycles. The molecule has 0 unspecified atom stereocenters. The Balaban J connectivity index is 1.78. The Morgan fingerprint density at radius 3 is 2.61 bits per heavy atom. The van der Waals surface area contributed by atoms with Gasteiger partial charge in [-0.15, -0.1) is 0 Å². The van der Waals surface area contributed by atoms with E-state index in [9.17, 15) is 18.0 Å². The van der Waals surface area contributed by atoms with Crippen LogP contribution in [-0.2, 0) is 15.7 Å². The highest BCUT2D eigenvalue weighted by molar-refractivity contribution is 5.80. The third-order valence-electron chi connectivity index (χ3n) is 4.64. The summed E-state index contributed by atoms with van der Waals surface area (Å²) in [5.41, 5.74) is -0.405. The summed E-state index contributed by atoms with van der Waals surface area (Å²) in [6, 6.07) is 4.94. The molecular formula is C21H28F3N5O2. The van der Waals surface area contributed by atoms with Crippen molar-refractivity contribution in [1.82, 2.24) is 20.4 Å². The number of aliphatic imine (C=N–C) groups is 1. The second-order valence-electron chi connectivity index (χ2n) is 6.89. The van der Waals surface area contributed by atoms with Gasteiger partial charge in [0.05, 0.1) is 25.3 Å². The van der Waals surface area contributed by atoms with E-state index in [1.807, 2.05) is 0 Å². The lowest BCUT2D eigenvalue weighted by molar-refractivity contribution is -0.137. The van der Waals surface area contributed by atoms with Crippen molar-refractivity contribution in [2.75, 3.05) is 66.6 Å². The maximum Gasteiger partial charge on any atom is 0.416 e. The number of benzene rings is 1. The molecule has 1 aromatic carbocycles. The van der Waals surface area contributed by atoms with Gasteiger partial charge in [0.1, 0.15) is 0 Å². The van der Waals surface area contributed by atoms with Crippen LogP contribution in [0.15, 0.2) is 29.3 Å². The third kappa shape index (κ3) is 8.47. The molecular weight excluding hydrogens is 411 g/mol. The number of hydrogen-bond acceptors (Lipinski definition) is 4. The number of piperazine rings is 1. The number of rotatable bonds is 6. The van der Waals surface area contributed by atoms with Crippen molar-refractivity contribution in [2.24, 2.45) is 4.99 Å². The van der Waals surface area contributed by atoms with Crippen LogP contribution in [0.1, 0.15) is 11.1 Å². The average molecular weight is 439 g/mol. The van der Waals surface area contributed by atoms with Gasteiger partial charge in [-0.1, -0.05) is 17.9 Å². The Hall–Kier alpha value is -2.77. The van der Waals surface area contributed by atoms with Crippen molar-refractivity contribution in [1.29, 1.82) is 0 Å². The number of carbonyl (C=O) groups excluding carboxylic acids is 1. The fourth-order valence-corrected chi connectivity index (χ4v) is 3.04. The van der Waals surface area contributed by atoms with Crippen LogP contribution in [0.2, 0.25) is 0 Å². The first-order valence-electron chi connectivity index (χ1n) is 9.93. The lowest BCUT2D eigenvalue weighted by Gasteiger charge is -2.36. The van der Waals surface area contributed by atoms with E-state index < -0.39 is 11.7 Å². The van der Waals surface area contributed by atoms with Crippen LogP contribution < -0.4 is 10.6 Å². The summed E-state index contributed by atoms with van der Waals surface area (Å²) in [5.74, 6) is 6.21. The van der Waals surface area contributed by atoms with Crippen LogP contribution >= 0.6 is 0 Å². The standard InChI is InChI=1S/C21H28F3N5O2/c1-25-20(27-8-4-6-17-5-3-7-18(15-17)21(22,23)24)29-12-10-28(11-13-29)16-19(30)26-9-14-31-2/h3,5,7,15H,8-14,16H2,1-2H3,(H,25,27)(H,26,30). The normalized spacial score (nSPS) is 15.3. The van der Waals surface area contributed by atoms with Gasteiger partial charge in [0.15, 0.2) is 5.96 Å². The van der Waals surface area contributed by atoms with Gasteiger partial charge in [0.2, 0.25) is 5.91 Å². The largest absolute Gasteiger partial charge is 0.416 e. The maximum atomic E-state index is 12.8. The molecule has 170 valence electrons. The van der Waals surface area contributed by atoms with Crippen molar-refractivity contribution in [3.63, 3.8) is 0 Å². The zero-order chi connectivity index (χ0) is 22.7. The molecule has 1 saturated heterocycles. The fourth-order valence-electron chi connectivity index (χ4n) is 3.04. The van der Waals surface area contributed by atoms with Crippen LogP contribution in [0, 0.1) is 11.8 Å². The molecule has 0 bridgehead atoms. The van der Waals surface area contributed by atoms with E-state index in [0.717, 1.165) is 12.1 Å². The number of carbonyl (C=O) groups is 1. The highest BCUT2D eigenvalue weighted by Gasteiger charge is 2.30. The smallest absolute Gasteiger partial charge is 0.383 e. The second kappa shape index (κ2) is 12.2. The molecule has 1 aromatic rings. The topological polar surface area (TPSA) is 69.2 Å². The number of methoxy groups -OCH3 is 1. The molecule has 0 aromatic heterocycles. The van der Waals surface area contributed by atoms with Gasteiger partial charge in [-0.2, -0.15) is 13.2 Å². The Labute approximate surface area is 180 Å². The second-order valence-corrected chi connectivity index (χ2v) is 6.89. The Bertz CT molecular complexity index is 809. The number of hydrogen-bond donors (Lipinski definition) is 2. The predicted molar refractivity (Wildman–Crippen MR) is 113 cm³/mol. The van der Waals surface area contributed by atoms with Crippen molar-refractivity contribution in [2.45, 2.75) is 6.18 Å². The van der Waals surface area contributed by atoms with Crippen LogP contribution in [0.3, 0.4) is 0 Å². The van der Waals surface area contributed by atoms with Crippen molar-refractivity contribution >= 4 is 11.9 Å². The van der Waals surface area contributed by atoms with Crippen LogP contribution in [-0.4, -0.2) is 88.2 Å². The number of guanidine groups is 1. The molecule has 2 rings (SSSR count). The molecule has 1 aliphatic heterocycles. The van der Waals surface area contributed by atoms with Crippen LogP contribution in [0.4, 0.5) is 13.2 Å². The van der Waals surface area contributed by atoms with E-state index >= 15 is 0 Å². The minimum Gasteiger partial charge on any atom is -0.383 e. The predicted octanol–water partition coefficient (Wildman–Crippen LogP) is 1.01. The highest BCUT2D eigenvalue weighted by atomic mass is 19.4. The van der Waals surface area contributed by atoms with Gasteiger partial charge < -0.3 is 20.3 Å². The monoisotopic (exact) mass is 439 g/mol. The van der Waals surface area contributed by atoms with E-state index in [2.05, 4.69) is 37.3 Å². The lowest BCUT2D eigenvalue weighted by Crippen LogP contribution is -2.54. The number of ether oxygens (including phenoxy) is 1. The Morgan fingerprint density at radius 2 is 1.97 bits per heavy atom. The number of nitrogens with zero attached hydrogens (tertiary/aromatic N) is 3. The molecule has 10 heteroatoms. The summed E-state index contributed by atoms with van der Waals surface area (Å²) < 4.78 is 43.2. The van der Waals surface area contributed by atoms with Gasteiger partial charge >= 0.3 is 6.18 Å². The molecule has 7 nitrogen and oxygen atoms in total. The van der Waals surface area contributed by atoms with E-state index in [1.165, 1.54) is 6.07 Å². The molecule has 0 spiro atoms. The van der Waals surface area contributed by atoms with E-state index in [0.29, 0.717) is 57.4 Å². The van der Waals surface area contributed by atoms with Gasteiger partial charge in [-0.3, -0.25) is 14.7 Å².